The Morgan fingerprint density at radius 3 is 2.72 bits per heavy atom. The Bertz CT molecular complexity index is 836. The molecule has 1 amide bonds. The van der Waals surface area contributed by atoms with Gasteiger partial charge in [0.15, 0.2) is 16.4 Å². The lowest BCUT2D eigenvalue weighted by Gasteiger charge is -2.28. The van der Waals surface area contributed by atoms with Gasteiger partial charge >= 0.3 is 0 Å². The molecule has 0 spiro atoms. The number of amides is 1. The van der Waals surface area contributed by atoms with Crippen LogP contribution in [0, 0.1) is 0 Å². The van der Waals surface area contributed by atoms with Gasteiger partial charge < -0.3 is 9.64 Å². The number of sulfone groups is 1. The first-order chi connectivity index (χ1) is 11.9. The second-order valence-corrected chi connectivity index (χ2v) is 9.55. The zero-order valence-electron chi connectivity index (χ0n) is 13.4. The van der Waals surface area contributed by atoms with Crippen LogP contribution in [-0.2, 0) is 21.2 Å². The lowest BCUT2D eigenvalue weighted by molar-refractivity contribution is -0.135. The smallest absolute Gasteiger partial charge is 0.261 e. The molecule has 0 N–H and O–H groups in total. The standard InChI is InChI=1S/C17H18ClNO4S2/c18-15-5-1-2-6-16(15)23-11-17(20)19(10-14-4-3-8-24-14)13-7-9-25(21,22)12-13/h1-6,8,13H,7,9-12H2/t13-/m1/s1. The molecule has 0 bridgehead atoms. The van der Waals surface area contributed by atoms with E-state index in [2.05, 4.69) is 0 Å². The first-order valence-electron chi connectivity index (χ1n) is 7.84. The van der Waals surface area contributed by atoms with Crippen LogP contribution >= 0.6 is 22.9 Å². The number of thiophene rings is 1. The molecule has 1 saturated heterocycles. The van der Waals surface area contributed by atoms with Gasteiger partial charge in [0.25, 0.3) is 5.91 Å². The van der Waals surface area contributed by atoms with E-state index < -0.39 is 9.84 Å². The zero-order valence-corrected chi connectivity index (χ0v) is 15.8. The van der Waals surface area contributed by atoms with Gasteiger partial charge in [-0.1, -0.05) is 29.8 Å². The van der Waals surface area contributed by atoms with Crippen molar-refractivity contribution in [1.29, 1.82) is 0 Å². The maximum Gasteiger partial charge on any atom is 0.261 e. The van der Waals surface area contributed by atoms with Crippen LogP contribution in [0.5, 0.6) is 5.75 Å². The summed E-state index contributed by atoms with van der Waals surface area (Å²) in [4.78, 5) is 15.3. The number of benzene rings is 1. The van der Waals surface area contributed by atoms with Crippen molar-refractivity contribution < 1.29 is 17.9 Å². The number of para-hydroxylation sites is 1. The fourth-order valence-corrected chi connectivity index (χ4v) is 5.42. The lowest BCUT2D eigenvalue weighted by Crippen LogP contribution is -2.42. The minimum Gasteiger partial charge on any atom is -0.482 e. The highest BCUT2D eigenvalue weighted by molar-refractivity contribution is 7.91. The number of hydrogen-bond donors (Lipinski definition) is 0. The lowest BCUT2D eigenvalue weighted by atomic mass is 10.2. The number of hydrogen-bond acceptors (Lipinski definition) is 5. The molecule has 0 radical (unpaired) electrons. The molecule has 8 heteroatoms. The Kier molecular flexibility index (Phi) is 5.66. The molecule has 1 aromatic carbocycles. The van der Waals surface area contributed by atoms with Crippen LogP contribution in [0.3, 0.4) is 0 Å². The van der Waals surface area contributed by atoms with E-state index in [1.165, 1.54) is 11.3 Å². The summed E-state index contributed by atoms with van der Waals surface area (Å²) < 4.78 is 29.2. The molecule has 1 aliphatic rings. The Morgan fingerprint density at radius 1 is 1.28 bits per heavy atom. The molecule has 0 saturated carbocycles. The fraction of sp³-hybridized carbons (Fsp3) is 0.353. The van der Waals surface area contributed by atoms with E-state index in [-0.39, 0.29) is 30.1 Å². The topological polar surface area (TPSA) is 63.7 Å². The van der Waals surface area contributed by atoms with Crippen molar-refractivity contribution in [2.75, 3.05) is 18.1 Å². The number of carbonyl (C=O) groups is 1. The molecule has 2 aromatic rings. The second kappa shape index (κ2) is 7.76. The molecule has 1 aliphatic heterocycles. The molecule has 1 fully saturated rings. The van der Waals surface area contributed by atoms with E-state index in [9.17, 15) is 13.2 Å². The second-order valence-electron chi connectivity index (χ2n) is 5.88. The van der Waals surface area contributed by atoms with Crippen molar-refractivity contribution in [2.24, 2.45) is 0 Å². The normalized spacial score (nSPS) is 18.8. The molecule has 0 unspecified atom stereocenters. The third kappa shape index (κ3) is 4.74. The summed E-state index contributed by atoms with van der Waals surface area (Å²) in [7, 11) is -3.08. The molecule has 3 rings (SSSR count). The van der Waals surface area contributed by atoms with Crippen LogP contribution in [0.15, 0.2) is 41.8 Å². The monoisotopic (exact) mass is 399 g/mol. The van der Waals surface area contributed by atoms with Crippen molar-refractivity contribution in [3.63, 3.8) is 0 Å². The van der Waals surface area contributed by atoms with Crippen LogP contribution < -0.4 is 4.74 Å². The van der Waals surface area contributed by atoms with E-state index in [1.54, 1.807) is 29.2 Å². The molecule has 134 valence electrons. The predicted octanol–water partition coefficient (Wildman–Crippen LogP) is 3.00. The fourth-order valence-electron chi connectivity index (χ4n) is 2.80. The molecule has 5 nitrogen and oxygen atoms in total. The molecule has 1 atom stereocenters. The highest BCUT2D eigenvalue weighted by Gasteiger charge is 2.35. The summed E-state index contributed by atoms with van der Waals surface area (Å²) >= 11 is 7.58. The predicted molar refractivity (Wildman–Crippen MR) is 98.9 cm³/mol. The van der Waals surface area contributed by atoms with E-state index in [1.807, 2.05) is 17.5 Å². The summed E-state index contributed by atoms with van der Waals surface area (Å²) in [6, 6.07) is 10.5. The van der Waals surface area contributed by atoms with Gasteiger partial charge in [0, 0.05) is 10.9 Å². The minimum absolute atomic E-state index is 0.0101. The van der Waals surface area contributed by atoms with E-state index in [4.69, 9.17) is 16.3 Å². The quantitative estimate of drug-likeness (QED) is 0.749. The maximum absolute atomic E-state index is 12.7. The Labute approximate surface area is 156 Å². The van der Waals surface area contributed by atoms with Crippen LogP contribution in [0.4, 0.5) is 0 Å². The minimum atomic E-state index is -3.08. The first-order valence-corrected chi connectivity index (χ1v) is 10.9. The van der Waals surface area contributed by atoms with E-state index in [0.29, 0.717) is 23.7 Å². The third-order valence-electron chi connectivity index (χ3n) is 4.06. The van der Waals surface area contributed by atoms with Crippen molar-refractivity contribution in [1.82, 2.24) is 4.90 Å². The summed E-state index contributed by atoms with van der Waals surface area (Å²) in [5.74, 6) is 0.330. The summed E-state index contributed by atoms with van der Waals surface area (Å²) in [5.41, 5.74) is 0. The average Bonchev–Trinajstić information content (AvgIpc) is 3.20. The van der Waals surface area contributed by atoms with Crippen molar-refractivity contribution >= 4 is 38.7 Å². The van der Waals surface area contributed by atoms with E-state index in [0.717, 1.165) is 4.88 Å². The first kappa shape index (κ1) is 18.2. The molecule has 1 aromatic heterocycles. The number of halogens is 1. The van der Waals surface area contributed by atoms with Gasteiger partial charge in [-0.05, 0) is 30.0 Å². The zero-order chi connectivity index (χ0) is 17.9. The van der Waals surface area contributed by atoms with Gasteiger partial charge in [-0.2, -0.15) is 0 Å². The van der Waals surface area contributed by atoms with Gasteiger partial charge in [-0.15, -0.1) is 11.3 Å². The van der Waals surface area contributed by atoms with Gasteiger partial charge in [-0.3, -0.25) is 4.79 Å². The SMILES string of the molecule is O=C(COc1ccccc1Cl)N(Cc1cccs1)[C@@H]1CCS(=O)(=O)C1. The van der Waals surface area contributed by atoms with Gasteiger partial charge in [-0.25, -0.2) is 8.42 Å². The van der Waals surface area contributed by atoms with Crippen LogP contribution in [0.25, 0.3) is 0 Å². The number of nitrogens with zero attached hydrogens (tertiary/aromatic N) is 1. The summed E-state index contributed by atoms with van der Waals surface area (Å²) in [6.45, 7) is 0.216. The number of ether oxygens (including phenoxy) is 1. The molecular formula is C17H18ClNO4S2. The van der Waals surface area contributed by atoms with Gasteiger partial charge in [0.2, 0.25) is 0 Å². The van der Waals surface area contributed by atoms with Crippen molar-refractivity contribution in [2.45, 2.75) is 19.0 Å². The molecule has 25 heavy (non-hydrogen) atoms. The largest absolute Gasteiger partial charge is 0.482 e. The third-order valence-corrected chi connectivity index (χ3v) is 6.99. The Morgan fingerprint density at radius 2 is 2.08 bits per heavy atom. The van der Waals surface area contributed by atoms with E-state index >= 15 is 0 Å². The molecular weight excluding hydrogens is 382 g/mol. The Hall–Kier alpha value is -1.57. The van der Waals surface area contributed by atoms with Gasteiger partial charge in [0.05, 0.1) is 23.1 Å². The highest BCUT2D eigenvalue weighted by atomic mass is 35.5. The maximum atomic E-state index is 12.7. The number of carbonyl (C=O) groups excluding carboxylic acids is 1. The molecule has 0 aliphatic carbocycles. The van der Waals surface area contributed by atoms with Gasteiger partial charge in [0.1, 0.15) is 5.75 Å². The number of rotatable bonds is 6. The van der Waals surface area contributed by atoms with Crippen LogP contribution in [0.1, 0.15) is 11.3 Å². The average molecular weight is 400 g/mol. The van der Waals surface area contributed by atoms with Crippen molar-refractivity contribution in [3.8, 4) is 5.75 Å². The van der Waals surface area contributed by atoms with Crippen molar-refractivity contribution in [3.05, 3.63) is 51.7 Å². The van der Waals surface area contributed by atoms with Crippen LogP contribution in [-0.4, -0.2) is 43.4 Å². The Balaban J connectivity index is 1.71. The highest BCUT2D eigenvalue weighted by Crippen LogP contribution is 2.25. The summed E-state index contributed by atoms with van der Waals surface area (Å²) in [6.07, 6.45) is 0.464. The van der Waals surface area contributed by atoms with Crippen LogP contribution in [0.2, 0.25) is 5.02 Å². The summed E-state index contributed by atoms with van der Waals surface area (Å²) in [5, 5.41) is 2.37. The molecule has 2 heterocycles.